The first-order chi connectivity index (χ1) is 8.52. The SMILES string of the molecule is CC(C)CC(CCO)CNC(=O)c1csc(Br)c1. The Kier molecular flexibility index (Phi) is 6.89. The number of thiophene rings is 1. The molecule has 1 amide bonds. The molecule has 1 rings (SSSR count). The van der Waals surface area contributed by atoms with Crippen LogP contribution in [0.4, 0.5) is 0 Å². The summed E-state index contributed by atoms with van der Waals surface area (Å²) in [7, 11) is 0. The molecule has 0 aromatic carbocycles. The normalized spacial score (nSPS) is 12.7. The van der Waals surface area contributed by atoms with E-state index in [1.807, 2.05) is 11.4 Å². The minimum absolute atomic E-state index is 0.0383. The minimum Gasteiger partial charge on any atom is -0.396 e. The van der Waals surface area contributed by atoms with Crippen molar-refractivity contribution in [3.05, 3.63) is 20.8 Å². The van der Waals surface area contributed by atoms with Crippen LogP contribution in [0.3, 0.4) is 0 Å². The first kappa shape index (κ1) is 15.7. The lowest BCUT2D eigenvalue weighted by Crippen LogP contribution is -2.30. The summed E-state index contributed by atoms with van der Waals surface area (Å²) in [5.41, 5.74) is 0.694. The van der Waals surface area contributed by atoms with Crippen LogP contribution < -0.4 is 5.32 Å². The molecule has 0 fully saturated rings. The van der Waals surface area contributed by atoms with Crippen LogP contribution in [0.1, 0.15) is 37.0 Å². The van der Waals surface area contributed by atoms with Gasteiger partial charge in [0.05, 0.1) is 9.35 Å². The van der Waals surface area contributed by atoms with Gasteiger partial charge >= 0.3 is 0 Å². The van der Waals surface area contributed by atoms with E-state index in [9.17, 15) is 4.79 Å². The van der Waals surface area contributed by atoms with Gasteiger partial charge in [0, 0.05) is 18.5 Å². The number of hydrogen-bond donors (Lipinski definition) is 2. The van der Waals surface area contributed by atoms with Crippen molar-refractivity contribution in [3.8, 4) is 0 Å². The van der Waals surface area contributed by atoms with Crippen LogP contribution in [0.25, 0.3) is 0 Å². The largest absolute Gasteiger partial charge is 0.396 e. The standard InChI is InChI=1S/C13H20BrNO2S/c1-9(2)5-10(3-4-16)7-15-13(17)11-6-12(14)18-8-11/h6,8-10,16H,3-5,7H2,1-2H3,(H,15,17). The number of carbonyl (C=O) groups is 1. The third-order valence-corrected chi connectivity index (χ3v) is 4.23. The van der Waals surface area contributed by atoms with Gasteiger partial charge in [0.25, 0.3) is 5.91 Å². The summed E-state index contributed by atoms with van der Waals surface area (Å²) in [5.74, 6) is 0.887. The average Bonchev–Trinajstić information content (AvgIpc) is 2.72. The topological polar surface area (TPSA) is 49.3 Å². The number of rotatable bonds is 7. The number of aliphatic hydroxyl groups is 1. The molecule has 0 saturated heterocycles. The Balaban J connectivity index is 2.43. The molecule has 0 radical (unpaired) electrons. The number of aliphatic hydroxyl groups excluding tert-OH is 1. The Morgan fingerprint density at radius 2 is 2.28 bits per heavy atom. The zero-order valence-corrected chi connectivity index (χ0v) is 13.2. The van der Waals surface area contributed by atoms with Crippen LogP contribution in [0.5, 0.6) is 0 Å². The lowest BCUT2D eigenvalue weighted by molar-refractivity contribution is 0.0942. The van der Waals surface area contributed by atoms with E-state index in [0.717, 1.165) is 16.6 Å². The molecule has 1 unspecified atom stereocenters. The van der Waals surface area contributed by atoms with E-state index in [4.69, 9.17) is 5.11 Å². The van der Waals surface area contributed by atoms with E-state index in [2.05, 4.69) is 35.1 Å². The molecule has 0 bridgehead atoms. The van der Waals surface area contributed by atoms with Crippen LogP contribution in [0.15, 0.2) is 15.2 Å². The van der Waals surface area contributed by atoms with Crippen LogP contribution in [-0.4, -0.2) is 24.2 Å². The van der Waals surface area contributed by atoms with Crippen LogP contribution in [-0.2, 0) is 0 Å². The third-order valence-electron chi connectivity index (χ3n) is 2.72. The van der Waals surface area contributed by atoms with Gasteiger partial charge in [-0.1, -0.05) is 13.8 Å². The Morgan fingerprint density at radius 1 is 1.56 bits per heavy atom. The zero-order valence-electron chi connectivity index (χ0n) is 10.8. The summed E-state index contributed by atoms with van der Waals surface area (Å²) in [6, 6.07) is 1.82. The van der Waals surface area contributed by atoms with Gasteiger partial charge in [-0.15, -0.1) is 11.3 Å². The predicted octanol–water partition coefficient (Wildman–Crippen LogP) is 3.29. The van der Waals surface area contributed by atoms with Gasteiger partial charge in [0.15, 0.2) is 0 Å². The second kappa shape index (κ2) is 7.92. The molecule has 1 aromatic heterocycles. The number of halogens is 1. The molecule has 1 heterocycles. The van der Waals surface area contributed by atoms with Gasteiger partial charge in [-0.25, -0.2) is 0 Å². The minimum atomic E-state index is -0.0383. The lowest BCUT2D eigenvalue weighted by Gasteiger charge is -2.18. The van der Waals surface area contributed by atoms with Gasteiger partial charge in [0.1, 0.15) is 0 Å². The molecule has 3 nitrogen and oxygen atoms in total. The highest BCUT2D eigenvalue weighted by molar-refractivity contribution is 9.11. The maximum Gasteiger partial charge on any atom is 0.252 e. The van der Waals surface area contributed by atoms with Crippen molar-refractivity contribution in [1.82, 2.24) is 5.32 Å². The Morgan fingerprint density at radius 3 is 2.78 bits per heavy atom. The van der Waals surface area contributed by atoms with Crippen molar-refractivity contribution in [1.29, 1.82) is 0 Å². The number of hydrogen-bond acceptors (Lipinski definition) is 3. The molecular weight excluding hydrogens is 314 g/mol. The van der Waals surface area contributed by atoms with E-state index < -0.39 is 0 Å². The smallest absolute Gasteiger partial charge is 0.252 e. The molecule has 0 aliphatic rings. The van der Waals surface area contributed by atoms with E-state index in [1.54, 1.807) is 0 Å². The number of carbonyl (C=O) groups excluding carboxylic acids is 1. The fourth-order valence-corrected chi connectivity index (χ4v) is 3.06. The highest BCUT2D eigenvalue weighted by atomic mass is 79.9. The van der Waals surface area contributed by atoms with E-state index in [0.29, 0.717) is 23.9 Å². The quantitative estimate of drug-likeness (QED) is 0.804. The predicted molar refractivity (Wildman–Crippen MR) is 79.0 cm³/mol. The van der Waals surface area contributed by atoms with E-state index in [1.165, 1.54) is 11.3 Å². The second-order valence-corrected chi connectivity index (χ2v) is 7.15. The molecule has 1 atom stereocenters. The van der Waals surface area contributed by atoms with Gasteiger partial charge in [-0.2, -0.15) is 0 Å². The van der Waals surface area contributed by atoms with E-state index in [-0.39, 0.29) is 12.5 Å². The van der Waals surface area contributed by atoms with E-state index >= 15 is 0 Å². The van der Waals surface area contributed by atoms with Crippen LogP contribution in [0.2, 0.25) is 0 Å². The lowest BCUT2D eigenvalue weighted by atomic mass is 9.94. The third kappa shape index (κ3) is 5.50. The van der Waals surface area contributed by atoms with Gasteiger partial charge in [0.2, 0.25) is 0 Å². The molecule has 18 heavy (non-hydrogen) atoms. The van der Waals surface area contributed by atoms with Gasteiger partial charge < -0.3 is 10.4 Å². The summed E-state index contributed by atoms with van der Waals surface area (Å²) in [5, 5.41) is 13.8. The Bertz CT molecular complexity index is 379. The van der Waals surface area contributed by atoms with Gasteiger partial charge in [-0.3, -0.25) is 4.79 Å². The molecule has 102 valence electrons. The maximum atomic E-state index is 11.9. The number of amides is 1. The summed E-state index contributed by atoms with van der Waals surface area (Å²) in [6.45, 7) is 5.12. The fourth-order valence-electron chi connectivity index (χ4n) is 1.92. The summed E-state index contributed by atoms with van der Waals surface area (Å²) >= 11 is 4.85. The van der Waals surface area contributed by atoms with Crippen LogP contribution >= 0.6 is 27.3 Å². The monoisotopic (exact) mass is 333 g/mol. The molecule has 5 heteroatoms. The van der Waals surface area contributed by atoms with Crippen LogP contribution in [0, 0.1) is 11.8 Å². The van der Waals surface area contributed by atoms with Crippen molar-refractivity contribution in [3.63, 3.8) is 0 Å². The van der Waals surface area contributed by atoms with Crippen molar-refractivity contribution in [2.45, 2.75) is 26.7 Å². The molecule has 0 saturated carbocycles. The highest BCUT2D eigenvalue weighted by Crippen LogP contribution is 2.20. The first-order valence-electron chi connectivity index (χ1n) is 6.16. The number of nitrogens with one attached hydrogen (secondary N) is 1. The first-order valence-corrected chi connectivity index (χ1v) is 7.83. The Hall–Kier alpha value is -0.390. The van der Waals surface area contributed by atoms with Crippen molar-refractivity contribution in [2.75, 3.05) is 13.2 Å². The molecule has 0 spiro atoms. The summed E-state index contributed by atoms with van der Waals surface area (Å²) in [6.07, 6.45) is 1.76. The second-order valence-electron chi connectivity index (χ2n) is 4.86. The molecule has 0 aliphatic heterocycles. The summed E-state index contributed by atoms with van der Waals surface area (Å²) in [4.78, 5) is 11.9. The van der Waals surface area contributed by atoms with Crippen molar-refractivity contribution < 1.29 is 9.90 Å². The molecular formula is C13H20BrNO2S. The summed E-state index contributed by atoms with van der Waals surface area (Å²) < 4.78 is 0.960. The highest BCUT2D eigenvalue weighted by Gasteiger charge is 2.13. The Labute approximate surface area is 121 Å². The molecule has 1 aromatic rings. The fraction of sp³-hybridized carbons (Fsp3) is 0.615. The maximum absolute atomic E-state index is 11.9. The average molecular weight is 334 g/mol. The van der Waals surface area contributed by atoms with Crippen molar-refractivity contribution in [2.24, 2.45) is 11.8 Å². The van der Waals surface area contributed by atoms with Gasteiger partial charge in [-0.05, 0) is 46.7 Å². The van der Waals surface area contributed by atoms with Crippen molar-refractivity contribution >= 4 is 33.2 Å². The molecule has 0 aliphatic carbocycles. The zero-order chi connectivity index (χ0) is 13.5. The molecule has 2 N–H and O–H groups in total.